The molecular weight excluding hydrogens is 179 g/mol. The molecule has 0 heterocycles. The van der Waals surface area contributed by atoms with E-state index in [9.17, 15) is 0 Å². The van der Waals surface area contributed by atoms with Gasteiger partial charge in [-0.2, -0.15) is 18.2 Å². The summed E-state index contributed by atoms with van der Waals surface area (Å²) in [5.41, 5.74) is 0. The molecule has 11 heavy (non-hydrogen) atoms. The van der Waals surface area contributed by atoms with Gasteiger partial charge in [0.25, 0.3) is 0 Å². The number of allylic oxidation sites excluding steroid dienone is 4. The Labute approximate surface area is 78.2 Å². The summed E-state index contributed by atoms with van der Waals surface area (Å²) >= 11 is 0. The average molecular weight is 190 g/mol. The third-order valence-electron chi connectivity index (χ3n) is 1.21. The second-order valence-electron chi connectivity index (χ2n) is 2.05. The molecule has 2 rings (SSSR count). The topological polar surface area (TPSA) is 0 Å². The van der Waals surface area contributed by atoms with Crippen molar-refractivity contribution in [2.24, 2.45) is 0 Å². The maximum absolute atomic E-state index is 2.12. The van der Waals surface area contributed by atoms with Crippen LogP contribution in [0.2, 0.25) is 0 Å². The van der Waals surface area contributed by atoms with Crippen molar-refractivity contribution >= 4 is 0 Å². The molecule has 1 aromatic rings. The summed E-state index contributed by atoms with van der Waals surface area (Å²) in [6.45, 7) is 0. The predicted octanol–water partition coefficient (Wildman–Crippen LogP) is 2.91. The van der Waals surface area contributed by atoms with Gasteiger partial charge in [-0.15, -0.1) is 0 Å². The van der Waals surface area contributed by atoms with Gasteiger partial charge in [0.1, 0.15) is 0 Å². The van der Waals surface area contributed by atoms with Crippen LogP contribution in [0.4, 0.5) is 0 Å². The van der Waals surface area contributed by atoms with Crippen molar-refractivity contribution < 1.29 is 16.8 Å². The molecule has 0 bridgehead atoms. The van der Waals surface area contributed by atoms with E-state index in [1.807, 2.05) is 30.3 Å². The predicted molar refractivity (Wildman–Crippen MR) is 44.9 cm³/mol. The molecule has 0 aromatic heterocycles. The largest absolute Gasteiger partial charge is 0.214 e. The van der Waals surface area contributed by atoms with Gasteiger partial charge in [-0.25, -0.2) is 12.1 Å². The summed E-state index contributed by atoms with van der Waals surface area (Å²) in [5, 5.41) is 0. The molecule has 0 amide bonds. The molecule has 61 valence electrons. The minimum absolute atomic E-state index is 0. The molecule has 1 heteroatoms. The van der Waals surface area contributed by atoms with Crippen LogP contribution in [0.1, 0.15) is 6.42 Å². The molecule has 0 fully saturated rings. The van der Waals surface area contributed by atoms with Crippen molar-refractivity contribution in [1.82, 2.24) is 0 Å². The normalized spacial score (nSPS) is 11.6. The quantitative estimate of drug-likeness (QED) is 0.552. The maximum Gasteiger partial charge on any atom is 0 e. The van der Waals surface area contributed by atoms with Crippen LogP contribution in [-0.2, 0) is 16.8 Å². The Balaban J connectivity index is 0.000000167. The number of hydrogen-bond donors (Lipinski definition) is 0. The molecule has 0 N–H and O–H groups in total. The van der Waals surface area contributed by atoms with E-state index in [2.05, 4.69) is 24.3 Å². The summed E-state index contributed by atoms with van der Waals surface area (Å²) in [4.78, 5) is 0. The maximum atomic E-state index is 2.12. The standard InChI is InChI=1S/C5H6.C5H5.Co/c2*1-2-4-5-3-1;/h1-4H,5H2;1-5H;/q;-1;. The zero-order valence-electron chi connectivity index (χ0n) is 6.24. The minimum atomic E-state index is 0. The van der Waals surface area contributed by atoms with Crippen LogP contribution >= 0.6 is 0 Å². The molecule has 0 spiro atoms. The van der Waals surface area contributed by atoms with Gasteiger partial charge in [-0.3, -0.25) is 0 Å². The van der Waals surface area contributed by atoms with Crippen LogP contribution in [0.25, 0.3) is 0 Å². The Kier molecular flexibility index (Phi) is 6.99. The van der Waals surface area contributed by atoms with E-state index in [1.54, 1.807) is 0 Å². The molecule has 1 aliphatic rings. The summed E-state index contributed by atoms with van der Waals surface area (Å²) in [6.07, 6.45) is 9.50. The molecule has 0 atom stereocenters. The first kappa shape index (κ1) is 10.3. The van der Waals surface area contributed by atoms with Gasteiger partial charge in [0, 0.05) is 16.8 Å². The van der Waals surface area contributed by atoms with Gasteiger partial charge in [0.2, 0.25) is 0 Å². The fourth-order valence-electron chi connectivity index (χ4n) is 0.714. The molecule has 1 radical (unpaired) electrons. The Morgan fingerprint density at radius 3 is 1.64 bits per heavy atom. The van der Waals surface area contributed by atoms with E-state index < -0.39 is 0 Å². The minimum Gasteiger partial charge on any atom is -0.214 e. The first-order valence-corrected chi connectivity index (χ1v) is 3.48. The Morgan fingerprint density at radius 1 is 0.909 bits per heavy atom. The summed E-state index contributed by atoms with van der Waals surface area (Å²) < 4.78 is 0. The summed E-state index contributed by atoms with van der Waals surface area (Å²) in [5.74, 6) is 0. The van der Waals surface area contributed by atoms with Crippen molar-refractivity contribution in [3.63, 3.8) is 0 Å². The van der Waals surface area contributed by atoms with Gasteiger partial charge in [0.15, 0.2) is 0 Å². The Bertz CT molecular complexity index is 167. The molecule has 0 nitrogen and oxygen atoms in total. The van der Waals surface area contributed by atoms with Crippen molar-refractivity contribution in [3.05, 3.63) is 54.6 Å². The van der Waals surface area contributed by atoms with Gasteiger partial charge in [-0.1, -0.05) is 24.3 Å². The van der Waals surface area contributed by atoms with Crippen LogP contribution in [0.3, 0.4) is 0 Å². The molecular formula is C10H11Co-. The Morgan fingerprint density at radius 2 is 1.45 bits per heavy atom. The van der Waals surface area contributed by atoms with Gasteiger partial charge in [-0.05, 0) is 6.42 Å². The van der Waals surface area contributed by atoms with E-state index in [0.717, 1.165) is 6.42 Å². The van der Waals surface area contributed by atoms with Gasteiger partial charge < -0.3 is 0 Å². The average Bonchev–Trinajstić information content (AvgIpc) is 2.67. The molecule has 0 saturated carbocycles. The monoisotopic (exact) mass is 190 g/mol. The molecule has 0 aliphatic heterocycles. The third kappa shape index (κ3) is 5.76. The van der Waals surface area contributed by atoms with Crippen LogP contribution in [0.5, 0.6) is 0 Å². The first-order chi connectivity index (χ1) is 5.00. The number of rotatable bonds is 0. The van der Waals surface area contributed by atoms with Crippen molar-refractivity contribution in [1.29, 1.82) is 0 Å². The fourth-order valence-corrected chi connectivity index (χ4v) is 0.714. The zero-order chi connectivity index (χ0) is 7.07. The van der Waals surface area contributed by atoms with Crippen LogP contribution in [-0.4, -0.2) is 0 Å². The van der Waals surface area contributed by atoms with E-state index in [0.29, 0.717) is 0 Å². The van der Waals surface area contributed by atoms with Crippen LogP contribution < -0.4 is 0 Å². The SMILES string of the molecule is C1=CCC=C1.[Co].c1cc[cH-]c1. The van der Waals surface area contributed by atoms with Crippen LogP contribution in [0, 0.1) is 0 Å². The van der Waals surface area contributed by atoms with Crippen molar-refractivity contribution in [2.75, 3.05) is 0 Å². The molecule has 0 saturated heterocycles. The summed E-state index contributed by atoms with van der Waals surface area (Å²) in [7, 11) is 0. The van der Waals surface area contributed by atoms with Gasteiger partial charge in [0.05, 0.1) is 0 Å². The zero-order valence-corrected chi connectivity index (χ0v) is 7.28. The second-order valence-corrected chi connectivity index (χ2v) is 2.05. The van der Waals surface area contributed by atoms with E-state index in [1.165, 1.54) is 0 Å². The van der Waals surface area contributed by atoms with Gasteiger partial charge >= 0.3 is 0 Å². The Hall–Kier alpha value is -0.664. The summed E-state index contributed by atoms with van der Waals surface area (Å²) in [6, 6.07) is 10.0. The van der Waals surface area contributed by atoms with Crippen molar-refractivity contribution in [3.8, 4) is 0 Å². The number of hydrogen-bond acceptors (Lipinski definition) is 0. The molecule has 0 unspecified atom stereocenters. The van der Waals surface area contributed by atoms with E-state index in [4.69, 9.17) is 0 Å². The second kappa shape index (κ2) is 7.44. The smallest absolute Gasteiger partial charge is 0 e. The van der Waals surface area contributed by atoms with Crippen molar-refractivity contribution in [2.45, 2.75) is 6.42 Å². The third-order valence-corrected chi connectivity index (χ3v) is 1.21. The van der Waals surface area contributed by atoms with E-state index in [-0.39, 0.29) is 16.8 Å². The molecule has 1 aromatic carbocycles. The van der Waals surface area contributed by atoms with Crippen LogP contribution in [0.15, 0.2) is 54.6 Å². The fraction of sp³-hybridized carbons (Fsp3) is 0.100. The molecule has 1 aliphatic carbocycles. The first-order valence-electron chi connectivity index (χ1n) is 3.48. The van der Waals surface area contributed by atoms with E-state index >= 15 is 0 Å².